The number of nitro groups is 1. The van der Waals surface area contributed by atoms with Crippen molar-refractivity contribution in [3.05, 3.63) is 70.3 Å². The summed E-state index contributed by atoms with van der Waals surface area (Å²) in [6.07, 6.45) is 1.60. The van der Waals surface area contributed by atoms with E-state index >= 15 is 0 Å². The fourth-order valence-electron chi connectivity index (χ4n) is 3.30. The molecule has 1 fully saturated rings. The summed E-state index contributed by atoms with van der Waals surface area (Å²) >= 11 is 0. The Kier molecular flexibility index (Phi) is 6.20. The molecule has 0 aromatic heterocycles. The fraction of sp³-hybridized carbons (Fsp3) is 0.368. The first-order valence-electron chi connectivity index (χ1n) is 8.96. The van der Waals surface area contributed by atoms with Gasteiger partial charge in [-0.3, -0.25) is 10.1 Å². The quantitative estimate of drug-likeness (QED) is 0.581. The van der Waals surface area contributed by atoms with E-state index in [-0.39, 0.29) is 5.69 Å². The van der Waals surface area contributed by atoms with Gasteiger partial charge in [0.25, 0.3) is 5.69 Å². The number of benzene rings is 2. The highest BCUT2D eigenvalue weighted by molar-refractivity contribution is 7.89. The minimum Gasteiger partial charge on any atom is -0.312 e. The highest BCUT2D eigenvalue weighted by atomic mass is 32.2. The maximum atomic E-state index is 12.6. The second-order valence-corrected chi connectivity index (χ2v) is 8.66. The van der Waals surface area contributed by atoms with Crippen molar-refractivity contribution in [2.24, 2.45) is 5.92 Å². The molecule has 0 radical (unpaired) electrons. The van der Waals surface area contributed by atoms with E-state index in [4.69, 9.17) is 0 Å². The molecule has 0 spiro atoms. The molecule has 3 rings (SSSR count). The lowest BCUT2D eigenvalue weighted by Gasteiger charge is -2.31. The zero-order chi connectivity index (χ0) is 19.3. The van der Waals surface area contributed by atoms with Crippen LogP contribution in [0.2, 0.25) is 0 Å². The third-order valence-corrected chi connectivity index (χ3v) is 6.75. The molecule has 0 amide bonds. The van der Waals surface area contributed by atoms with Crippen molar-refractivity contribution >= 4 is 15.7 Å². The topological polar surface area (TPSA) is 92.6 Å². The Morgan fingerprint density at radius 3 is 2.44 bits per heavy atom. The number of hydrogen-bond donors (Lipinski definition) is 1. The van der Waals surface area contributed by atoms with Crippen molar-refractivity contribution < 1.29 is 13.3 Å². The molecule has 0 atom stereocenters. The van der Waals surface area contributed by atoms with Crippen LogP contribution in [0.3, 0.4) is 0 Å². The first kappa shape index (κ1) is 19.5. The van der Waals surface area contributed by atoms with Crippen molar-refractivity contribution in [2.45, 2.75) is 24.3 Å². The third-order valence-electron chi connectivity index (χ3n) is 4.84. The van der Waals surface area contributed by atoms with Gasteiger partial charge in [-0.05, 0) is 43.0 Å². The van der Waals surface area contributed by atoms with Crippen LogP contribution in [0.25, 0.3) is 0 Å². The van der Waals surface area contributed by atoms with Crippen LogP contribution in [-0.4, -0.2) is 37.3 Å². The summed E-state index contributed by atoms with van der Waals surface area (Å²) in [4.78, 5) is 10.8. The van der Waals surface area contributed by atoms with Crippen LogP contribution in [0.15, 0.2) is 59.5 Å². The molecule has 0 saturated carbocycles. The van der Waals surface area contributed by atoms with Crippen LogP contribution in [-0.2, 0) is 16.6 Å². The van der Waals surface area contributed by atoms with E-state index in [0.717, 1.165) is 24.9 Å². The number of nitro benzene ring substituents is 1. The third kappa shape index (κ3) is 4.91. The monoisotopic (exact) mass is 389 g/mol. The van der Waals surface area contributed by atoms with Gasteiger partial charge in [0.2, 0.25) is 10.0 Å². The second-order valence-electron chi connectivity index (χ2n) is 6.72. The van der Waals surface area contributed by atoms with Gasteiger partial charge in [0.15, 0.2) is 0 Å². The molecule has 1 N–H and O–H groups in total. The van der Waals surface area contributed by atoms with Crippen LogP contribution in [0.4, 0.5) is 5.69 Å². The molecular formula is C19H23N3O4S. The van der Waals surface area contributed by atoms with E-state index in [1.165, 1.54) is 6.07 Å². The Bertz CT molecular complexity index is 879. The van der Waals surface area contributed by atoms with Crippen molar-refractivity contribution in [1.82, 2.24) is 9.62 Å². The van der Waals surface area contributed by atoms with E-state index in [2.05, 4.69) is 5.32 Å². The Morgan fingerprint density at radius 1 is 1.07 bits per heavy atom. The van der Waals surface area contributed by atoms with Gasteiger partial charge < -0.3 is 5.32 Å². The number of nitrogens with one attached hydrogen (secondary N) is 1. The molecule has 1 saturated heterocycles. The molecular weight excluding hydrogens is 366 g/mol. The molecule has 2 aromatic rings. The first-order chi connectivity index (χ1) is 13.0. The Hall–Kier alpha value is -2.29. The predicted octanol–water partition coefficient (Wildman–Crippen LogP) is 2.79. The van der Waals surface area contributed by atoms with Gasteiger partial charge in [0.1, 0.15) is 0 Å². The Morgan fingerprint density at radius 2 is 1.78 bits per heavy atom. The number of hydrogen-bond acceptors (Lipinski definition) is 5. The van der Waals surface area contributed by atoms with Gasteiger partial charge in [-0.25, -0.2) is 8.42 Å². The summed E-state index contributed by atoms with van der Waals surface area (Å²) in [6.45, 7) is 2.35. The molecule has 1 aliphatic rings. The van der Waals surface area contributed by atoms with Gasteiger partial charge in [-0.15, -0.1) is 0 Å². The molecule has 1 heterocycles. The van der Waals surface area contributed by atoms with Crippen molar-refractivity contribution in [3.63, 3.8) is 0 Å². The lowest BCUT2D eigenvalue weighted by Crippen LogP contribution is -2.40. The van der Waals surface area contributed by atoms with E-state index in [1.54, 1.807) is 46.8 Å². The normalized spacial score (nSPS) is 16.3. The summed E-state index contributed by atoms with van der Waals surface area (Å²) in [5, 5.41) is 14.2. The average Bonchev–Trinajstić information content (AvgIpc) is 2.69. The summed E-state index contributed by atoms with van der Waals surface area (Å²) in [5.74, 6) is 0.394. The maximum absolute atomic E-state index is 12.6. The van der Waals surface area contributed by atoms with Crippen LogP contribution in [0.1, 0.15) is 18.4 Å². The molecule has 8 heteroatoms. The zero-order valence-corrected chi connectivity index (χ0v) is 15.8. The number of non-ortho nitro benzene ring substituents is 1. The van der Waals surface area contributed by atoms with Crippen molar-refractivity contribution in [2.75, 3.05) is 19.6 Å². The lowest BCUT2D eigenvalue weighted by molar-refractivity contribution is -0.384. The van der Waals surface area contributed by atoms with E-state index < -0.39 is 14.9 Å². The highest BCUT2D eigenvalue weighted by Gasteiger charge is 2.28. The molecule has 27 heavy (non-hydrogen) atoms. The molecule has 0 unspecified atom stereocenters. The number of piperidine rings is 1. The summed E-state index contributed by atoms with van der Waals surface area (Å²) in [7, 11) is -3.41. The molecule has 2 aromatic carbocycles. The molecule has 0 aliphatic carbocycles. The smallest absolute Gasteiger partial charge is 0.269 e. The lowest BCUT2D eigenvalue weighted by atomic mass is 9.98. The van der Waals surface area contributed by atoms with Crippen LogP contribution in [0.5, 0.6) is 0 Å². The summed E-state index contributed by atoms with van der Waals surface area (Å²) < 4.78 is 26.8. The van der Waals surface area contributed by atoms with E-state index in [1.807, 2.05) is 6.07 Å². The Labute approximate surface area is 159 Å². The highest BCUT2D eigenvalue weighted by Crippen LogP contribution is 2.23. The molecule has 144 valence electrons. The van der Waals surface area contributed by atoms with Crippen LogP contribution < -0.4 is 5.32 Å². The minimum atomic E-state index is -3.41. The minimum absolute atomic E-state index is 0.0914. The number of sulfonamides is 1. The first-order valence-corrected chi connectivity index (χ1v) is 10.4. The zero-order valence-electron chi connectivity index (χ0n) is 15.0. The van der Waals surface area contributed by atoms with Gasteiger partial charge in [0, 0.05) is 31.8 Å². The molecule has 1 aliphatic heterocycles. The predicted molar refractivity (Wildman–Crippen MR) is 103 cm³/mol. The van der Waals surface area contributed by atoms with Gasteiger partial charge in [-0.1, -0.05) is 30.3 Å². The molecule has 0 bridgehead atoms. The number of nitrogens with zero attached hydrogens (tertiary/aromatic N) is 2. The summed E-state index contributed by atoms with van der Waals surface area (Å²) in [5.41, 5.74) is 0.960. The number of rotatable bonds is 7. The van der Waals surface area contributed by atoms with Crippen molar-refractivity contribution in [3.8, 4) is 0 Å². The van der Waals surface area contributed by atoms with Gasteiger partial charge >= 0.3 is 0 Å². The van der Waals surface area contributed by atoms with Gasteiger partial charge in [0.05, 0.1) is 9.82 Å². The van der Waals surface area contributed by atoms with E-state index in [0.29, 0.717) is 30.4 Å². The maximum Gasteiger partial charge on any atom is 0.269 e. The Balaban J connectivity index is 1.47. The fourth-order valence-corrected chi connectivity index (χ4v) is 4.79. The van der Waals surface area contributed by atoms with Crippen LogP contribution >= 0.6 is 0 Å². The van der Waals surface area contributed by atoms with E-state index in [9.17, 15) is 18.5 Å². The molecule has 7 nitrogen and oxygen atoms in total. The standard InChI is InChI=1S/C19H23N3O4S/c23-22(24)18-6-4-5-17(13-18)15-20-14-16-9-11-21(12-10-16)27(25,26)19-7-2-1-3-8-19/h1-8,13,16,20H,9-12,14-15H2. The largest absolute Gasteiger partial charge is 0.312 e. The van der Waals surface area contributed by atoms with Crippen molar-refractivity contribution in [1.29, 1.82) is 0 Å². The average molecular weight is 389 g/mol. The SMILES string of the molecule is O=[N+]([O-])c1cccc(CNCC2CCN(S(=O)(=O)c3ccccc3)CC2)c1. The van der Waals surface area contributed by atoms with Gasteiger partial charge in [-0.2, -0.15) is 4.31 Å². The summed E-state index contributed by atoms with van der Waals surface area (Å²) in [6, 6.07) is 15.1. The second kappa shape index (κ2) is 8.60. The van der Waals surface area contributed by atoms with Crippen LogP contribution in [0, 0.1) is 16.0 Å².